The van der Waals surface area contributed by atoms with Crippen molar-refractivity contribution in [2.45, 2.75) is 5.92 Å². The lowest BCUT2D eigenvalue weighted by molar-refractivity contribution is 0.393. The van der Waals surface area contributed by atoms with Crippen molar-refractivity contribution < 1.29 is 9.47 Å². The van der Waals surface area contributed by atoms with E-state index in [0.717, 1.165) is 5.56 Å². The quantitative estimate of drug-likeness (QED) is 0.835. The summed E-state index contributed by atoms with van der Waals surface area (Å²) < 4.78 is 10.5. The van der Waals surface area contributed by atoms with Crippen LogP contribution in [0, 0.1) is 0 Å². The second-order valence-electron chi connectivity index (χ2n) is 4.07. The Kier molecular flexibility index (Phi) is 3.96. The van der Waals surface area contributed by atoms with Crippen molar-refractivity contribution in [1.29, 1.82) is 0 Å². The van der Waals surface area contributed by atoms with Crippen LogP contribution in [0.1, 0.15) is 17.3 Å². The lowest BCUT2D eigenvalue weighted by Gasteiger charge is -2.14. The van der Waals surface area contributed by atoms with Gasteiger partial charge in [-0.15, -0.1) is 10.2 Å². The first-order valence-corrected chi connectivity index (χ1v) is 5.85. The fraction of sp³-hybridized carbons (Fsp3) is 0.417. The summed E-state index contributed by atoms with van der Waals surface area (Å²) in [5.41, 5.74) is 6.77. The highest BCUT2D eigenvalue weighted by atomic mass is 16.5. The molecule has 19 heavy (non-hydrogen) atoms. The highest BCUT2D eigenvalue weighted by Gasteiger charge is 2.19. The molecule has 1 aromatic carbocycles. The highest BCUT2D eigenvalue weighted by Crippen LogP contribution is 2.29. The largest absolute Gasteiger partial charge is 0.497 e. The minimum absolute atomic E-state index is 0.141. The van der Waals surface area contributed by atoms with Gasteiger partial charge in [0, 0.05) is 12.6 Å². The van der Waals surface area contributed by atoms with Gasteiger partial charge in [-0.25, -0.2) is 0 Å². The fourth-order valence-electron chi connectivity index (χ4n) is 1.86. The lowest BCUT2D eigenvalue weighted by atomic mass is 9.98. The van der Waals surface area contributed by atoms with Crippen molar-refractivity contribution >= 4 is 0 Å². The van der Waals surface area contributed by atoms with E-state index < -0.39 is 0 Å². The van der Waals surface area contributed by atoms with Crippen molar-refractivity contribution in [1.82, 2.24) is 20.2 Å². The van der Waals surface area contributed by atoms with Crippen LogP contribution in [0.25, 0.3) is 0 Å². The van der Waals surface area contributed by atoms with E-state index in [4.69, 9.17) is 15.2 Å². The third kappa shape index (κ3) is 2.82. The molecule has 0 radical (unpaired) electrons. The van der Waals surface area contributed by atoms with Gasteiger partial charge in [0.1, 0.15) is 11.5 Å². The zero-order valence-corrected chi connectivity index (χ0v) is 11.2. The van der Waals surface area contributed by atoms with E-state index in [0.29, 0.717) is 23.9 Å². The number of nitrogens with two attached hydrogens (primary N) is 1. The van der Waals surface area contributed by atoms with Crippen LogP contribution >= 0.6 is 0 Å². The van der Waals surface area contributed by atoms with E-state index >= 15 is 0 Å². The average Bonchev–Trinajstić information content (AvgIpc) is 2.85. The molecule has 2 aromatic rings. The van der Waals surface area contributed by atoms with Crippen LogP contribution in [0.3, 0.4) is 0 Å². The van der Waals surface area contributed by atoms with Crippen molar-refractivity contribution in [2.75, 3.05) is 20.8 Å². The van der Waals surface area contributed by atoms with Crippen LogP contribution < -0.4 is 15.2 Å². The Balaban J connectivity index is 2.42. The van der Waals surface area contributed by atoms with Gasteiger partial charge < -0.3 is 15.2 Å². The monoisotopic (exact) mass is 263 g/mol. The zero-order chi connectivity index (χ0) is 13.8. The molecular weight excluding hydrogens is 246 g/mol. The van der Waals surface area contributed by atoms with Crippen LogP contribution in [0.2, 0.25) is 0 Å². The van der Waals surface area contributed by atoms with Crippen LogP contribution in [0.4, 0.5) is 0 Å². The van der Waals surface area contributed by atoms with Gasteiger partial charge in [0.15, 0.2) is 5.82 Å². The Labute approximate surface area is 111 Å². The zero-order valence-electron chi connectivity index (χ0n) is 11.2. The molecule has 1 atom stereocenters. The molecule has 7 nitrogen and oxygen atoms in total. The molecule has 0 saturated heterocycles. The molecule has 7 heteroatoms. The Hall–Kier alpha value is -2.15. The topological polar surface area (TPSA) is 88.1 Å². The number of aromatic nitrogens is 4. The minimum atomic E-state index is -0.141. The second-order valence-corrected chi connectivity index (χ2v) is 4.07. The highest BCUT2D eigenvalue weighted by molar-refractivity contribution is 5.41. The van der Waals surface area contributed by atoms with E-state index in [1.165, 1.54) is 4.80 Å². The van der Waals surface area contributed by atoms with E-state index in [2.05, 4.69) is 15.4 Å². The molecule has 2 rings (SSSR count). The van der Waals surface area contributed by atoms with Crippen LogP contribution in [-0.2, 0) is 7.05 Å². The molecule has 1 unspecified atom stereocenters. The summed E-state index contributed by atoms with van der Waals surface area (Å²) in [5, 5.41) is 12.1. The molecule has 0 fully saturated rings. The molecule has 1 aromatic heterocycles. The standard InChI is InChI=1S/C12H17N5O2/c1-17-15-12(14-16-17)11(7-13)8-4-9(18-2)6-10(5-8)19-3/h4-6,11H,7,13H2,1-3H3. The average molecular weight is 263 g/mol. The van der Waals surface area contributed by atoms with E-state index in [1.807, 2.05) is 12.1 Å². The maximum atomic E-state index is 5.83. The summed E-state index contributed by atoms with van der Waals surface area (Å²) in [7, 11) is 4.93. The molecule has 0 bridgehead atoms. The smallest absolute Gasteiger partial charge is 0.183 e. The minimum Gasteiger partial charge on any atom is -0.497 e. The van der Waals surface area contributed by atoms with Gasteiger partial charge in [-0.05, 0) is 22.9 Å². The number of benzene rings is 1. The molecule has 0 aliphatic heterocycles. The molecule has 0 spiro atoms. The van der Waals surface area contributed by atoms with E-state index in [1.54, 1.807) is 27.3 Å². The Morgan fingerprint density at radius 1 is 1.21 bits per heavy atom. The number of hydrogen-bond donors (Lipinski definition) is 1. The maximum Gasteiger partial charge on any atom is 0.183 e. The first-order chi connectivity index (χ1) is 9.17. The third-order valence-electron chi connectivity index (χ3n) is 2.85. The summed E-state index contributed by atoms with van der Waals surface area (Å²) in [5.74, 6) is 1.85. The molecule has 2 N–H and O–H groups in total. The Bertz CT molecular complexity index is 533. The van der Waals surface area contributed by atoms with Gasteiger partial charge in [-0.3, -0.25) is 0 Å². The van der Waals surface area contributed by atoms with Gasteiger partial charge in [-0.1, -0.05) is 0 Å². The summed E-state index contributed by atoms with van der Waals surface area (Å²) in [4.78, 5) is 1.41. The van der Waals surface area contributed by atoms with Gasteiger partial charge in [0.05, 0.1) is 27.2 Å². The summed E-state index contributed by atoms with van der Waals surface area (Å²) in [6, 6.07) is 5.61. The predicted molar refractivity (Wildman–Crippen MR) is 69.2 cm³/mol. The number of tetrazole rings is 1. The normalized spacial score (nSPS) is 12.2. The van der Waals surface area contributed by atoms with Crippen LogP contribution in [0.15, 0.2) is 18.2 Å². The summed E-state index contributed by atoms with van der Waals surface area (Å²) in [6.07, 6.45) is 0. The summed E-state index contributed by atoms with van der Waals surface area (Å²) >= 11 is 0. The van der Waals surface area contributed by atoms with Crippen molar-refractivity contribution in [3.63, 3.8) is 0 Å². The fourth-order valence-corrected chi connectivity index (χ4v) is 1.86. The predicted octanol–water partition coefficient (Wildman–Crippen LogP) is 0.318. The number of ether oxygens (including phenoxy) is 2. The van der Waals surface area contributed by atoms with Gasteiger partial charge in [-0.2, -0.15) is 4.80 Å². The second kappa shape index (κ2) is 5.66. The van der Waals surface area contributed by atoms with Gasteiger partial charge >= 0.3 is 0 Å². The first kappa shape index (κ1) is 13.3. The van der Waals surface area contributed by atoms with E-state index in [-0.39, 0.29) is 5.92 Å². The van der Waals surface area contributed by atoms with Crippen LogP contribution in [0.5, 0.6) is 11.5 Å². The maximum absolute atomic E-state index is 5.83. The Morgan fingerprint density at radius 2 is 1.84 bits per heavy atom. The number of nitrogens with zero attached hydrogens (tertiary/aromatic N) is 4. The van der Waals surface area contributed by atoms with Crippen molar-refractivity contribution in [3.8, 4) is 11.5 Å². The number of methoxy groups -OCH3 is 2. The number of hydrogen-bond acceptors (Lipinski definition) is 6. The molecule has 0 amide bonds. The first-order valence-electron chi connectivity index (χ1n) is 5.85. The summed E-state index contributed by atoms with van der Waals surface area (Å²) in [6.45, 7) is 0.377. The molecule has 102 valence electrons. The van der Waals surface area contributed by atoms with Crippen molar-refractivity contribution in [2.24, 2.45) is 12.8 Å². The van der Waals surface area contributed by atoms with Gasteiger partial charge in [0.2, 0.25) is 0 Å². The molecule has 1 heterocycles. The molecule has 0 aliphatic rings. The molecule has 0 aliphatic carbocycles. The van der Waals surface area contributed by atoms with Crippen LogP contribution in [-0.4, -0.2) is 41.0 Å². The van der Waals surface area contributed by atoms with Crippen molar-refractivity contribution in [3.05, 3.63) is 29.6 Å². The Morgan fingerprint density at radius 3 is 2.26 bits per heavy atom. The SMILES string of the molecule is COc1cc(OC)cc(C(CN)c2nnn(C)n2)c1. The third-order valence-corrected chi connectivity index (χ3v) is 2.85. The van der Waals surface area contributed by atoms with Gasteiger partial charge in [0.25, 0.3) is 0 Å². The molecular formula is C12H17N5O2. The lowest BCUT2D eigenvalue weighted by Crippen LogP contribution is -2.16. The number of aryl methyl sites for hydroxylation is 1. The number of rotatable bonds is 5. The van der Waals surface area contributed by atoms with E-state index in [9.17, 15) is 0 Å². The molecule has 0 saturated carbocycles.